The number of ketones is 2. The maximum Gasteiger partial charge on any atom is 2.00 e. The number of carbonyl (C=O) groups is 2. The van der Waals surface area contributed by atoms with Gasteiger partial charge in [0.2, 0.25) is 11.5 Å². The maximum atomic E-state index is 12.2. The van der Waals surface area contributed by atoms with Crippen molar-refractivity contribution < 1.29 is 55.1 Å². The summed E-state index contributed by atoms with van der Waals surface area (Å²) in [5.74, 6) is 2.52. The summed E-state index contributed by atoms with van der Waals surface area (Å²) in [5, 5.41) is 0. The molecule has 0 saturated heterocycles. The number of ether oxygens (including phenoxy) is 6. The van der Waals surface area contributed by atoms with Crippen molar-refractivity contribution in [3.8, 4) is 34.5 Å². The second kappa shape index (κ2) is 17.3. The fourth-order valence-corrected chi connectivity index (χ4v) is 3.98. The van der Waals surface area contributed by atoms with Gasteiger partial charge in [-0.1, -0.05) is 12.2 Å². The molecule has 43 heavy (non-hydrogen) atoms. The zero-order valence-corrected chi connectivity index (χ0v) is 26.0. The number of allylic oxidation sites excluding steroid dienone is 2. The molecule has 4 aromatic rings. The molecule has 9 heteroatoms. The Morgan fingerprint density at radius 1 is 0.512 bits per heavy atom. The van der Waals surface area contributed by atoms with E-state index < -0.39 is 0 Å². The van der Waals surface area contributed by atoms with E-state index in [1.165, 1.54) is 54.8 Å². The number of benzene rings is 2. The molecule has 0 N–H and O–H groups in total. The summed E-state index contributed by atoms with van der Waals surface area (Å²) < 4.78 is 31.4. The zero-order chi connectivity index (χ0) is 30.5. The third-order valence-corrected chi connectivity index (χ3v) is 6.13. The summed E-state index contributed by atoms with van der Waals surface area (Å²) in [5.41, 5.74) is 2.92. The molecule has 0 aromatic heterocycles. The van der Waals surface area contributed by atoms with Gasteiger partial charge in [0.05, 0.1) is 42.7 Å². The van der Waals surface area contributed by atoms with Gasteiger partial charge >= 0.3 is 17.1 Å². The smallest absolute Gasteiger partial charge is 0.493 e. The molecule has 0 unspecified atom stereocenters. The molecule has 8 nitrogen and oxygen atoms in total. The Kier molecular flexibility index (Phi) is 13.9. The third-order valence-electron chi connectivity index (χ3n) is 6.13. The average Bonchev–Trinajstić information content (AvgIpc) is 3.76. The summed E-state index contributed by atoms with van der Waals surface area (Å²) in [7, 11) is 9.13. The monoisotopic (exact) mass is 626 g/mol. The molecular formula is C34H34FeO8. The average molecular weight is 626 g/mol. The zero-order valence-electron chi connectivity index (χ0n) is 24.9. The third kappa shape index (κ3) is 9.13. The van der Waals surface area contributed by atoms with Crippen LogP contribution in [0.25, 0.3) is 12.2 Å². The van der Waals surface area contributed by atoms with E-state index in [-0.39, 0.29) is 28.6 Å². The van der Waals surface area contributed by atoms with Gasteiger partial charge in [0.25, 0.3) is 0 Å². The summed E-state index contributed by atoms with van der Waals surface area (Å²) in [6, 6.07) is 22.0. The first kappa shape index (κ1) is 34.5. The summed E-state index contributed by atoms with van der Waals surface area (Å²) >= 11 is 0. The van der Waals surface area contributed by atoms with Crippen molar-refractivity contribution in [3.05, 3.63) is 107 Å². The van der Waals surface area contributed by atoms with E-state index in [0.29, 0.717) is 45.6 Å². The molecule has 0 radical (unpaired) electrons. The fraction of sp³-hybridized carbons (Fsp3) is 0.176. The van der Waals surface area contributed by atoms with Gasteiger partial charge in [-0.3, -0.25) is 0 Å². The molecule has 0 bridgehead atoms. The van der Waals surface area contributed by atoms with Crippen LogP contribution in [-0.2, 0) is 17.1 Å². The predicted octanol–water partition coefficient (Wildman–Crippen LogP) is 6.65. The van der Waals surface area contributed by atoms with Crippen LogP contribution >= 0.6 is 0 Å². The van der Waals surface area contributed by atoms with E-state index in [2.05, 4.69) is 0 Å². The normalized spacial score (nSPS) is 10.4. The SMILES string of the molecule is COc1cc(C(=O)/C=C/[c-]2cccc2)cc(OC)c1OC.COc1cc(C(=O)/C=C/[c-]2cccc2)cc(OC)c1OC.[Fe+2]. The Morgan fingerprint density at radius 2 is 0.791 bits per heavy atom. The van der Waals surface area contributed by atoms with Crippen molar-refractivity contribution in [2.75, 3.05) is 42.7 Å². The Labute approximate surface area is 262 Å². The van der Waals surface area contributed by atoms with Crippen molar-refractivity contribution in [1.82, 2.24) is 0 Å². The number of carbonyl (C=O) groups excluding carboxylic acids is 2. The van der Waals surface area contributed by atoms with Gasteiger partial charge in [-0.2, -0.15) is 24.3 Å². The van der Waals surface area contributed by atoms with Gasteiger partial charge in [0.15, 0.2) is 23.0 Å². The van der Waals surface area contributed by atoms with Crippen LogP contribution in [0.5, 0.6) is 34.5 Å². The molecule has 0 spiro atoms. The first-order chi connectivity index (χ1) is 20.4. The predicted molar refractivity (Wildman–Crippen MR) is 163 cm³/mol. The second-order valence-corrected chi connectivity index (χ2v) is 8.66. The van der Waals surface area contributed by atoms with E-state index in [1.807, 2.05) is 48.5 Å². The largest absolute Gasteiger partial charge is 2.00 e. The van der Waals surface area contributed by atoms with Crippen molar-refractivity contribution in [3.63, 3.8) is 0 Å². The molecule has 0 saturated carbocycles. The van der Waals surface area contributed by atoms with Crippen molar-refractivity contribution >= 4 is 23.7 Å². The van der Waals surface area contributed by atoms with E-state index in [9.17, 15) is 9.59 Å². The molecule has 4 aromatic carbocycles. The number of hydrogen-bond acceptors (Lipinski definition) is 8. The first-order valence-corrected chi connectivity index (χ1v) is 12.9. The van der Waals surface area contributed by atoms with Crippen molar-refractivity contribution in [2.45, 2.75) is 0 Å². The molecule has 226 valence electrons. The van der Waals surface area contributed by atoms with Crippen molar-refractivity contribution in [1.29, 1.82) is 0 Å². The maximum absolute atomic E-state index is 12.2. The number of hydrogen-bond donors (Lipinski definition) is 0. The van der Waals surface area contributed by atoms with Crippen LogP contribution in [0.15, 0.2) is 84.9 Å². The molecule has 0 atom stereocenters. The minimum atomic E-state index is -0.129. The van der Waals surface area contributed by atoms with Gasteiger partial charge in [-0.15, -0.1) is 47.5 Å². The number of rotatable bonds is 12. The minimum Gasteiger partial charge on any atom is -0.493 e. The van der Waals surface area contributed by atoms with Crippen molar-refractivity contribution in [2.24, 2.45) is 0 Å². The van der Waals surface area contributed by atoms with Gasteiger partial charge in [-0.25, -0.2) is 0 Å². The summed E-state index contributed by atoms with van der Waals surface area (Å²) in [4.78, 5) is 24.5. The Morgan fingerprint density at radius 3 is 1.02 bits per heavy atom. The molecule has 0 amide bonds. The van der Waals surface area contributed by atoms with Crippen LogP contribution in [0.4, 0.5) is 0 Å². The quantitative estimate of drug-likeness (QED) is 0.0748. The Bertz CT molecular complexity index is 1350. The molecule has 0 heterocycles. The molecule has 0 aliphatic heterocycles. The van der Waals surface area contributed by atoms with E-state index in [0.717, 1.165) is 11.1 Å². The minimum absolute atomic E-state index is 0. The molecule has 4 rings (SSSR count). The van der Waals surface area contributed by atoms with Crippen LogP contribution in [0, 0.1) is 0 Å². The molecular weight excluding hydrogens is 592 g/mol. The van der Waals surface area contributed by atoms with E-state index in [1.54, 1.807) is 36.4 Å². The van der Waals surface area contributed by atoms with Crippen LogP contribution in [0.1, 0.15) is 31.8 Å². The summed E-state index contributed by atoms with van der Waals surface area (Å²) in [6.45, 7) is 0. The molecule has 0 fully saturated rings. The van der Waals surface area contributed by atoms with E-state index in [4.69, 9.17) is 28.4 Å². The van der Waals surface area contributed by atoms with Crippen LogP contribution < -0.4 is 28.4 Å². The van der Waals surface area contributed by atoms with Gasteiger partial charge in [0.1, 0.15) is 11.6 Å². The van der Waals surface area contributed by atoms with Crippen LogP contribution in [0.3, 0.4) is 0 Å². The Balaban J connectivity index is 0.000000293. The standard InChI is InChI=1S/2C17H17O4.Fe/c2*1-19-15-10-13(11-16(20-2)17(15)21-3)14(18)9-8-12-6-4-5-7-12;/h2*4-11H,1-3H3;/q2*-1;+2/b2*9-8+;. The van der Waals surface area contributed by atoms with Crippen LogP contribution in [0.2, 0.25) is 0 Å². The Hall–Kier alpha value is -4.72. The van der Waals surface area contributed by atoms with Crippen LogP contribution in [-0.4, -0.2) is 54.2 Å². The molecule has 0 aliphatic rings. The number of methoxy groups -OCH3 is 6. The second-order valence-electron chi connectivity index (χ2n) is 8.66. The van der Waals surface area contributed by atoms with Gasteiger partial charge in [-0.05, 0) is 24.3 Å². The van der Waals surface area contributed by atoms with Gasteiger partial charge in [0, 0.05) is 11.1 Å². The fourth-order valence-electron chi connectivity index (χ4n) is 3.98. The summed E-state index contributed by atoms with van der Waals surface area (Å²) in [6.07, 6.45) is 6.59. The molecule has 0 aliphatic carbocycles. The van der Waals surface area contributed by atoms with E-state index >= 15 is 0 Å². The van der Waals surface area contributed by atoms with Gasteiger partial charge < -0.3 is 38.0 Å². The first-order valence-electron chi connectivity index (χ1n) is 12.9. The topological polar surface area (TPSA) is 89.5 Å².